The Morgan fingerprint density at radius 2 is 1.50 bits per heavy atom. The molecule has 0 saturated carbocycles. The first-order valence-corrected chi connectivity index (χ1v) is 6.46. The number of benzene rings is 2. The molecule has 0 radical (unpaired) electrons. The number of nitrogens with one attached hydrogen (secondary N) is 1. The molecule has 0 heterocycles. The molecule has 0 fully saturated rings. The number of nitrogens with two attached hydrogens (primary N) is 1. The highest BCUT2D eigenvalue weighted by Gasteiger charge is 2.10. The van der Waals surface area contributed by atoms with Crippen LogP contribution in [0.25, 0.3) is 0 Å². The van der Waals surface area contributed by atoms with Crippen molar-refractivity contribution in [2.75, 3.05) is 11.1 Å². The standard InChI is InChI=1S/C12H8Cl4N2/c13-7-2-1-3-10(11(7)16)18-12-8(14)4-6(17)5-9(12)15/h1-5,18H,17H2. The lowest BCUT2D eigenvalue weighted by molar-refractivity contribution is 1.54. The third kappa shape index (κ3) is 2.78. The summed E-state index contributed by atoms with van der Waals surface area (Å²) in [6.45, 7) is 0. The average Bonchev–Trinajstić information content (AvgIpc) is 2.28. The largest absolute Gasteiger partial charge is 0.399 e. The molecular weight excluding hydrogens is 314 g/mol. The predicted octanol–water partition coefficient (Wildman–Crippen LogP) is 5.63. The summed E-state index contributed by atoms with van der Waals surface area (Å²) in [4.78, 5) is 0. The molecule has 3 N–H and O–H groups in total. The summed E-state index contributed by atoms with van der Waals surface area (Å²) >= 11 is 24.1. The number of hydrogen-bond donors (Lipinski definition) is 2. The molecule has 94 valence electrons. The van der Waals surface area contributed by atoms with E-state index in [4.69, 9.17) is 52.1 Å². The SMILES string of the molecule is Nc1cc(Cl)c(Nc2cccc(Cl)c2Cl)c(Cl)c1. The molecule has 0 amide bonds. The van der Waals surface area contributed by atoms with Crippen molar-refractivity contribution in [3.63, 3.8) is 0 Å². The fraction of sp³-hybridized carbons (Fsp3) is 0. The minimum atomic E-state index is 0.406. The van der Waals surface area contributed by atoms with Gasteiger partial charge >= 0.3 is 0 Å². The van der Waals surface area contributed by atoms with E-state index < -0.39 is 0 Å². The zero-order valence-electron chi connectivity index (χ0n) is 8.98. The van der Waals surface area contributed by atoms with Crippen LogP contribution in [-0.4, -0.2) is 0 Å². The molecule has 0 aliphatic heterocycles. The molecule has 0 saturated heterocycles. The minimum Gasteiger partial charge on any atom is -0.399 e. The van der Waals surface area contributed by atoms with Crippen LogP contribution in [0.4, 0.5) is 17.1 Å². The summed E-state index contributed by atoms with van der Waals surface area (Å²) in [5, 5.41) is 4.72. The highest BCUT2D eigenvalue weighted by atomic mass is 35.5. The van der Waals surface area contributed by atoms with Crippen LogP contribution >= 0.6 is 46.4 Å². The second-order valence-electron chi connectivity index (χ2n) is 3.59. The summed E-state index contributed by atoms with van der Waals surface area (Å²) in [6, 6.07) is 8.45. The average molecular weight is 322 g/mol. The van der Waals surface area contributed by atoms with Crippen LogP contribution in [0, 0.1) is 0 Å². The Bertz CT molecular complexity index is 576. The van der Waals surface area contributed by atoms with Crippen molar-refractivity contribution >= 4 is 63.5 Å². The van der Waals surface area contributed by atoms with Crippen LogP contribution < -0.4 is 11.1 Å². The summed E-state index contributed by atoms with van der Waals surface area (Å²) in [5.74, 6) is 0. The van der Waals surface area contributed by atoms with Crippen LogP contribution in [0.2, 0.25) is 20.1 Å². The third-order valence-corrected chi connectivity index (χ3v) is 3.69. The van der Waals surface area contributed by atoms with Crippen LogP contribution in [0.15, 0.2) is 30.3 Å². The van der Waals surface area contributed by atoms with Gasteiger partial charge in [0, 0.05) is 5.69 Å². The molecule has 2 nitrogen and oxygen atoms in total. The fourth-order valence-electron chi connectivity index (χ4n) is 1.45. The van der Waals surface area contributed by atoms with Gasteiger partial charge in [0.2, 0.25) is 0 Å². The Morgan fingerprint density at radius 1 is 0.889 bits per heavy atom. The van der Waals surface area contributed by atoms with Gasteiger partial charge in [0.15, 0.2) is 0 Å². The summed E-state index contributed by atoms with van der Waals surface area (Å²) in [7, 11) is 0. The maximum absolute atomic E-state index is 6.07. The number of halogens is 4. The molecule has 0 aliphatic rings. The second-order valence-corrected chi connectivity index (χ2v) is 5.19. The highest BCUT2D eigenvalue weighted by Crippen LogP contribution is 2.38. The number of hydrogen-bond acceptors (Lipinski definition) is 2. The van der Waals surface area contributed by atoms with Crippen LogP contribution in [-0.2, 0) is 0 Å². The van der Waals surface area contributed by atoms with E-state index in [9.17, 15) is 0 Å². The normalized spacial score (nSPS) is 10.4. The van der Waals surface area contributed by atoms with E-state index >= 15 is 0 Å². The zero-order chi connectivity index (χ0) is 13.3. The predicted molar refractivity (Wildman–Crippen MR) is 80.6 cm³/mol. The van der Waals surface area contributed by atoms with E-state index in [1.807, 2.05) is 0 Å². The van der Waals surface area contributed by atoms with Crippen molar-refractivity contribution in [2.45, 2.75) is 0 Å². The van der Waals surface area contributed by atoms with E-state index in [0.717, 1.165) is 0 Å². The van der Waals surface area contributed by atoms with Gasteiger partial charge in [0.1, 0.15) is 0 Å². The van der Waals surface area contributed by atoms with Crippen molar-refractivity contribution in [1.29, 1.82) is 0 Å². The van der Waals surface area contributed by atoms with Gasteiger partial charge in [-0.05, 0) is 24.3 Å². The lowest BCUT2D eigenvalue weighted by Gasteiger charge is -2.13. The van der Waals surface area contributed by atoms with E-state index in [2.05, 4.69) is 5.32 Å². The molecule has 0 bridgehead atoms. The Labute approximate surface area is 125 Å². The van der Waals surface area contributed by atoms with Gasteiger partial charge in [0.25, 0.3) is 0 Å². The van der Waals surface area contributed by atoms with Gasteiger partial charge in [-0.25, -0.2) is 0 Å². The quantitative estimate of drug-likeness (QED) is 0.704. The number of rotatable bonds is 2. The van der Waals surface area contributed by atoms with Gasteiger partial charge in [-0.3, -0.25) is 0 Å². The summed E-state index contributed by atoms with van der Waals surface area (Å²) in [6.07, 6.45) is 0. The first-order valence-electron chi connectivity index (χ1n) is 4.94. The van der Waals surface area contributed by atoms with Crippen LogP contribution in [0.3, 0.4) is 0 Å². The van der Waals surface area contributed by atoms with E-state index in [-0.39, 0.29) is 0 Å². The number of nitrogen functional groups attached to an aromatic ring is 1. The maximum Gasteiger partial charge on any atom is 0.0827 e. The van der Waals surface area contributed by atoms with Gasteiger partial charge in [-0.1, -0.05) is 52.5 Å². The monoisotopic (exact) mass is 320 g/mol. The Hall–Kier alpha value is -0.800. The Morgan fingerprint density at radius 3 is 2.11 bits per heavy atom. The molecule has 2 aromatic rings. The topological polar surface area (TPSA) is 38.0 Å². The first-order chi connectivity index (χ1) is 8.49. The van der Waals surface area contributed by atoms with E-state index in [0.29, 0.717) is 37.2 Å². The lowest BCUT2D eigenvalue weighted by atomic mass is 10.2. The molecule has 0 atom stereocenters. The molecule has 0 aromatic heterocycles. The van der Waals surface area contributed by atoms with Gasteiger partial charge in [-0.15, -0.1) is 0 Å². The Kier molecular flexibility index (Phi) is 4.13. The summed E-state index contributed by atoms with van der Waals surface area (Å²) < 4.78 is 0. The number of anilines is 3. The third-order valence-electron chi connectivity index (χ3n) is 2.28. The molecule has 2 rings (SSSR count). The molecule has 6 heteroatoms. The van der Waals surface area contributed by atoms with Gasteiger partial charge < -0.3 is 11.1 Å². The van der Waals surface area contributed by atoms with E-state index in [1.54, 1.807) is 30.3 Å². The van der Waals surface area contributed by atoms with Crippen molar-refractivity contribution in [2.24, 2.45) is 0 Å². The zero-order valence-corrected chi connectivity index (χ0v) is 12.0. The molecule has 0 spiro atoms. The van der Waals surface area contributed by atoms with Crippen molar-refractivity contribution in [1.82, 2.24) is 0 Å². The Balaban J connectivity index is 2.43. The molecule has 2 aromatic carbocycles. The fourth-order valence-corrected chi connectivity index (χ4v) is 2.39. The molecule has 0 unspecified atom stereocenters. The second kappa shape index (κ2) is 5.45. The van der Waals surface area contributed by atoms with Crippen LogP contribution in [0.1, 0.15) is 0 Å². The molecule has 0 aliphatic carbocycles. The van der Waals surface area contributed by atoms with Crippen LogP contribution in [0.5, 0.6) is 0 Å². The van der Waals surface area contributed by atoms with Crippen molar-refractivity contribution < 1.29 is 0 Å². The lowest BCUT2D eigenvalue weighted by Crippen LogP contribution is -1.95. The molecule has 18 heavy (non-hydrogen) atoms. The molecular formula is C12H8Cl4N2. The van der Waals surface area contributed by atoms with E-state index in [1.165, 1.54) is 0 Å². The van der Waals surface area contributed by atoms with Crippen molar-refractivity contribution in [3.8, 4) is 0 Å². The minimum absolute atomic E-state index is 0.406. The van der Waals surface area contributed by atoms with Crippen molar-refractivity contribution in [3.05, 3.63) is 50.4 Å². The first kappa shape index (κ1) is 13.6. The van der Waals surface area contributed by atoms with Gasteiger partial charge in [0.05, 0.1) is 31.5 Å². The summed E-state index contributed by atoms with van der Waals surface area (Å²) in [5.41, 5.74) is 7.29. The smallest absolute Gasteiger partial charge is 0.0827 e. The highest BCUT2D eigenvalue weighted by molar-refractivity contribution is 6.44. The maximum atomic E-state index is 6.07. The van der Waals surface area contributed by atoms with Gasteiger partial charge in [-0.2, -0.15) is 0 Å².